The number of para-hydroxylation sites is 1. The summed E-state index contributed by atoms with van der Waals surface area (Å²) in [6.45, 7) is 0.607. The van der Waals surface area contributed by atoms with Gasteiger partial charge in [0.2, 0.25) is 0 Å². The van der Waals surface area contributed by atoms with Crippen molar-refractivity contribution >= 4 is 0 Å². The minimum Gasteiger partial charge on any atom is -0.306 e. The van der Waals surface area contributed by atoms with E-state index in [2.05, 4.69) is 15.5 Å². The van der Waals surface area contributed by atoms with Crippen molar-refractivity contribution in [3.05, 3.63) is 77.9 Å². The van der Waals surface area contributed by atoms with Crippen molar-refractivity contribution in [3.8, 4) is 5.69 Å². The summed E-state index contributed by atoms with van der Waals surface area (Å²) in [5.74, 6) is -0.188. The summed E-state index contributed by atoms with van der Waals surface area (Å²) in [7, 11) is 0. The van der Waals surface area contributed by atoms with Crippen molar-refractivity contribution < 1.29 is 8.78 Å². The maximum absolute atomic E-state index is 13.5. The first kappa shape index (κ1) is 14.3. The van der Waals surface area contributed by atoms with Crippen LogP contribution in [0.25, 0.3) is 5.69 Å². The number of benzene rings is 2. The van der Waals surface area contributed by atoms with Gasteiger partial charge in [-0.2, -0.15) is 0 Å². The van der Waals surface area contributed by atoms with E-state index in [1.54, 1.807) is 6.33 Å². The Bertz CT molecular complexity index is 756. The Morgan fingerprint density at radius 2 is 1.82 bits per heavy atom. The first-order valence-electron chi connectivity index (χ1n) is 6.83. The Hall–Kier alpha value is -2.60. The molecule has 0 radical (unpaired) electrons. The second kappa shape index (κ2) is 6.44. The highest BCUT2D eigenvalue weighted by molar-refractivity contribution is 5.32. The van der Waals surface area contributed by atoms with E-state index in [4.69, 9.17) is 0 Å². The molecule has 0 spiro atoms. The molecule has 2 aromatic carbocycles. The standard InChI is InChI=1S/C16H14F2N4/c17-13-6-7-15(18)12(8-13)9-19-10-16-21-20-11-22(16)14-4-2-1-3-5-14/h1-8,11,19H,9-10H2. The lowest BCUT2D eigenvalue weighted by Crippen LogP contribution is -2.17. The van der Waals surface area contributed by atoms with Crippen molar-refractivity contribution in [1.29, 1.82) is 0 Å². The van der Waals surface area contributed by atoms with Crippen molar-refractivity contribution in [2.24, 2.45) is 0 Å². The van der Waals surface area contributed by atoms with E-state index in [-0.39, 0.29) is 12.1 Å². The fraction of sp³-hybridized carbons (Fsp3) is 0.125. The minimum absolute atomic E-state index is 0.214. The zero-order valence-corrected chi connectivity index (χ0v) is 11.7. The number of aromatic nitrogens is 3. The van der Waals surface area contributed by atoms with Crippen LogP contribution in [0.2, 0.25) is 0 Å². The molecule has 0 aliphatic carbocycles. The molecule has 4 nitrogen and oxygen atoms in total. The largest absolute Gasteiger partial charge is 0.306 e. The van der Waals surface area contributed by atoms with E-state index in [1.165, 1.54) is 6.07 Å². The molecule has 1 heterocycles. The van der Waals surface area contributed by atoms with Crippen LogP contribution in [0.5, 0.6) is 0 Å². The van der Waals surface area contributed by atoms with Gasteiger partial charge < -0.3 is 5.32 Å². The second-order valence-electron chi connectivity index (χ2n) is 4.79. The van der Waals surface area contributed by atoms with E-state index in [9.17, 15) is 8.78 Å². The van der Waals surface area contributed by atoms with Gasteiger partial charge in [0.05, 0.1) is 6.54 Å². The third-order valence-corrected chi connectivity index (χ3v) is 3.26. The van der Waals surface area contributed by atoms with Crippen molar-refractivity contribution in [1.82, 2.24) is 20.1 Å². The summed E-state index contributed by atoms with van der Waals surface area (Å²) in [6, 6.07) is 13.1. The van der Waals surface area contributed by atoms with Gasteiger partial charge in [0.1, 0.15) is 18.0 Å². The highest BCUT2D eigenvalue weighted by Crippen LogP contribution is 2.11. The third-order valence-electron chi connectivity index (χ3n) is 3.26. The van der Waals surface area contributed by atoms with E-state index in [1.807, 2.05) is 34.9 Å². The maximum atomic E-state index is 13.5. The second-order valence-corrected chi connectivity index (χ2v) is 4.79. The van der Waals surface area contributed by atoms with E-state index in [0.29, 0.717) is 12.4 Å². The van der Waals surface area contributed by atoms with Gasteiger partial charge in [-0.25, -0.2) is 8.78 Å². The van der Waals surface area contributed by atoms with Gasteiger partial charge >= 0.3 is 0 Å². The fourth-order valence-electron chi connectivity index (χ4n) is 2.17. The molecular formula is C16H14F2N4. The van der Waals surface area contributed by atoms with Crippen molar-refractivity contribution in [2.45, 2.75) is 13.1 Å². The molecular weight excluding hydrogens is 286 g/mol. The zero-order chi connectivity index (χ0) is 15.4. The van der Waals surface area contributed by atoms with Crippen LogP contribution in [-0.2, 0) is 13.1 Å². The quantitative estimate of drug-likeness (QED) is 0.788. The minimum atomic E-state index is -0.453. The molecule has 3 rings (SSSR count). The van der Waals surface area contributed by atoms with Gasteiger partial charge in [0.25, 0.3) is 0 Å². The van der Waals surface area contributed by atoms with E-state index < -0.39 is 11.6 Å². The number of nitrogens with one attached hydrogen (secondary N) is 1. The van der Waals surface area contributed by atoms with Gasteiger partial charge in [0, 0.05) is 17.8 Å². The Balaban J connectivity index is 1.68. The highest BCUT2D eigenvalue weighted by atomic mass is 19.1. The number of hydrogen-bond donors (Lipinski definition) is 1. The van der Waals surface area contributed by atoms with Crippen molar-refractivity contribution in [3.63, 3.8) is 0 Å². The number of rotatable bonds is 5. The summed E-state index contributed by atoms with van der Waals surface area (Å²) < 4.78 is 28.5. The summed E-state index contributed by atoms with van der Waals surface area (Å²) in [5.41, 5.74) is 1.23. The van der Waals surface area contributed by atoms with Crippen LogP contribution in [0.4, 0.5) is 8.78 Å². The molecule has 0 saturated heterocycles. The maximum Gasteiger partial charge on any atom is 0.151 e. The lowest BCUT2D eigenvalue weighted by atomic mass is 10.2. The molecule has 0 bridgehead atoms. The molecule has 0 aliphatic heterocycles. The fourth-order valence-corrected chi connectivity index (χ4v) is 2.17. The molecule has 0 saturated carbocycles. The van der Waals surface area contributed by atoms with Gasteiger partial charge in [-0.15, -0.1) is 10.2 Å². The van der Waals surface area contributed by atoms with Gasteiger partial charge in [-0.05, 0) is 30.3 Å². The predicted molar refractivity (Wildman–Crippen MR) is 78.3 cm³/mol. The Morgan fingerprint density at radius 3 is 2.64 bits per heavy atom. The molecule has 1 aromatic heterocycles. The lowest BCUT2D eigenvalue weighted by molar-refractivity contribution is 0.563. The Labute approximate surface area is 126 Å². The number of nitrogens with zero attached hydrogens (tertiary/aromatic N) is 3. The first-order valence-corrected chi connectivity index (χ1v) is 6.83. The molecule has 0 amide bonds. The molecule has 0 aliphatic rings. The summed E-state index contributed by atoms with van der Waals surface area (Å²) in [5, 5.41) is 11.0. The summed E-state index contributed by atoms with van der Waals surface area (Å²) in [6.07, 6.45) is 1.62. The van der Waals surface area contributed by atoms with Crippen LogP contribution < -0.4 is 5.32 Å². The third kappa shape index (κ3) is 3.17. The zero-order valence-electron chi connectivity index (χ0n) is 11.7. The first-order chi connectivity index (χ1) is 10.7. The van der Waals surface area contributed by atoms with Crippen LogP contribution in [0.3, 0.4) is 0 Å². The van der Waals surface area contributed by atoms with Crippen LogP contribution in [0.1, 0.15) is 11.4 Å². The molecule has 22 heavy (non-hydrogen) atoms. The molecule has 3 aromatic rings. The molecule has 0 unspecified atom stereocenters. The van der Waals surface area contributed by atoms with Crippen LogP contribution >= 0.6 is 0 Å². The molecule has 6 heteroatoms. The average molecular weight is 300 g/mol. The summed E-state index contributed by atoms with van der Waals surface area (Å²) >= 11 is 0. The smallest absolute Gasteiger partial charge is 0.151 e. The van der Waals surface area contributed by atoms with Crippen LogP contribution in [0.15, 0.2) is 54.9 Å². The number of hydrogen-bond acceptors (Lipinski definition) is 3. The molecule has 112 valence electrons. The van der Waals surface area contributed by atoms with Crippen LogP contribution in [-0.4, -0.2) is 14.8 Å². The number of halogens is 2. The normalized spacial score (nSPS) is 10.8. The SMILES string of the molecule is Fc1ccc(F)c(CNCc2nncn2-c2ccccc2)c1. The molecule has 0 atom stereocenters. The lowest BCUT2D eigenvalue weighted by Gasteiger charge is -2.08. The van der Waals surface area contributed by atoms with E-state index in [0.717, 1.165) is 17.8 Å². The van der Waals surface area contributed by atoms with Gasteiger partial charge in [-0.3, -0.25) is 4.57 Å². The predicted octanol–water partition coefficient (Wildman–Crippen LogP) is 2.84. The molecule has 1 N–H and O–H groups in total. The molecule has 0 fully saturated rings. The Morgan fingerprint density at radius 1 is 1.00 bits per heavy atom. The average Bonchev–Trinajstić information content (AvgIpc) is 3.00. The Kier molecular flexibility index (Phi) is 4.20. The van der Waals surface area contributed by atoms with E-state index >= 15 is 0 Å². The monoisotopic (exact) mass is 300 g/mol. The van der Waals surface area contributed by atoms with Crippen LogP contribution in [0, 0.1) is 11.6 Å². The van der Waals surface area contributed by atoms with Crippen molar-refractivity contribution in [2.75, 3.05) is 0 Å². The van der Waals surface area contributed by atoms with Gasteiger partial charge in [0.15, 0.2) is 5.82 Å². The summed E-state index contributed by atoms with van der Waals surface area (Å²) in [4.78, 5) is 0. The van der Waals surface area contributed by atoms with Gasteiger partial charge in [-0.1, -0.05) is 18.2 Å². The topological polar surface area (TPSA) is 42.7 Å². The highest BCUT2D eigenvalue weighted by Gasteiger charge is 2.07.